The lowest BCUT2D eigenvalue weighted by atomic mass is 10.2. The molecule has 0 aliphatic rings. The zero-order valence-corrected chi connectivity index (χ0v) is 14.3. The lowest BCUT2D eigenvalue weighted by molar-refractivity contribution is 0.414. The highest BCUT2D eigenvalue weighted by Crippen LogP contribution is 2.30. The topological polar surface area (TPSA) is 59.5 Å². The fourth-order valence-electron chi connectivity index (χ4n) is 1.88. The highest BCUT2D eigenvalue weighted by Gasteiger charge is 2.25. The number of methoxy groups -OCH3 is 1. The molecule has 5 nitrogen and oxygen atoms in total. The molecule has 0 fully saturated rings. The van der Waals surface area contributed by atoms with E-state index in [0.29, 0.717) is 16.4 Å². The Bertz CT molecular complexity index is 747. The van der Waals surface area contributed by atoms with E-state index in [4.69, 9.17) is 4.74 Å². The fraction of sp³-hybridized carbons (Fsp3) is 0.357. The van der Waals surface area contributed by atoms with Crippen LogP contribution in [0.15, 0.2) is 23.1 Å². The van der Waals surface area contributed by atoms with Gasteiger partial charge in [-0.25, -0.2) is 17.7 Å². The monoisotopic (exact) mass is 326 g/mol. The summed E-state index contributed by atoms with van der Waals surface area (Å²) in [5.74, 6) is 0.634. The van der Waals surface area contributed by atoms with E-state index in [-0.39, 0.29) is 4.90 Å². The maximum absolute atomic E-state index is 12.7. The molecule has 114 valence electrons. The van der Waals surface area contributed by atoms with Gasteiger partial charge in [0.15, 0.2) is 5.13 Å². The Balaban J connectivity index is 2.46. The molecule has 0 bridgehead atoms. The van der Waals surface area contributed by atoms with E-state index in [0.717, 1.165) is 10.6 Å². The average Bonchev–Trinajstić information content (AvgIpc) is 2.77. The fourth-order valence-corrected chi connectivity index (χ4v) is 4.31. The molecule has 0 aliphatic carbocycles. The molecule has 0 radical (unpaired) electrons. The second-order valence-corrected chi connectivity index (χ2v) is 7.86. The molecule has 2 rings (SSSR count). The molecule has 0 spiro atoms. The van der Waals surface area contributed by atoms with E-state index in [1.807, 2.05) is 13.8 Å². The van der Waals surface area contributed by atoms with Crippen molar-refractivity contribution >= 4 is 26.5 Å². The number of hydrogen-bond acceptors (Lipinski definition) is 5. The molecule has 1 aromatic heterocycles. The van der Waals surface area contributed by atoms with Crippen LogP contribution in [0.3, 0.4) is 0 Å². The Hall–Kier alpha value is -1.60. The molecule has 0 saturated heterocycles. The van der Waals surface area contributed by atoms with E-state index < -0.39 is 10.0 Å². The zero-order chi connectivity index (χ0) is 15.8. The van der Waals surface area contributed by atoms with Crippen LogP contribution in [0.2, 0.25) is 0 Å². The lowest BCUT2D eigenvalue weighted by Crippen LogP contribution is -2.27. The molecule has 1 aromatic carbocycles. The van der Waals surface area contributed by atoms with Gasteiger partial charge in [0.25, 0.3) is 10.0 Å². The summed E-state index contributed by atoms with van der Waals surface area (Å²) in [6.07, 6.45) is 0. The van der Waals surface area contributed by atoms with Gasteiger partial charge in [-0.15, -0.1) is 11.3 Å². The molecule has 0 atom stereocenters. The smallest absolute Gasteiger partial charge is 0.266 e. The largest absolute Gasteiger partial charge is 0.497 e. The Labute approximate surface area is 129 Å². The SMILES string of the molecule is COc1ccc(S(=O)(=O)N(C)c2nc(C)c(C)s2)c(C)c1. The van der Waals surface area contributed by atoms with Crippen LogP contribution >= 0.6 is 11.3 Å². The van der Waals surface area contributed by atoms with Gasteiger partial charge in [0.2, 0.25) is 0 Å². The maximum atomic E-state index is 12.7. The second-order valence-electron chi connectivity index (χ2n) is 4.74. The summed E-state index contributed by atoms with van der Waals surface area (Å²) in [7, 11) is -0.549. The summed E-state index contributed by atoms with van der Waals surface area (Å²) in [6, 6.07) is 4.92. The first kappa shape index (κ1) is 15.8. The van der Waals surface area contributed by atoms with Gasteiger partial charge >= 0.3 is 0 Å². The molecule has 0 amide bonds. The summed E-state index contributed by atoms with van der Waals surface area (Å²) >= 11 is 1.37. The van der Waals surface area contributed by atoms with Crippen molar-refractivity contribution in [3.63, 3.8) is 0 Å². The molecule has 1 heterocycles. The normalized spacial score (nSPS) is 11.5. The first-order valence-corrected chi connectivity index (χ1v) is 8.60. The van der Waals surface area contributed by atoms with Crippen molar-refractivity contribution in [2.45, 2.75) is 25.7 Å². The van der Waals surface area contributed by atoms with Crippen LogP contribution in [0.25, 0.3) is 0 Å². The van der Waals surface area contributed by atoms with Crippen LogP contribution in [0, 0.1) is 20.8 Å². The minimum absolute atomic E-state index is 0.260. The molecule has 21 heavy (non-hydrogen) atoms. The van der Waals surface area contributed by atoms with Crippen molar-refractivity contribution in [2.24, 2.45) is 0 Å². The molecular weight excluding hydrogens is 308 g/mol. The number of aromatic nitrogens is 1. The number of benzene rings is 1. The van der Waals surface area contributed by atoms with Crippen molar-refractivity contribution in [1.82, 2.24) is 4.98 Å². The molecule has 2 aromatic rings. The second kappa shape index (κ2) is 5.65. The minimum atomic E-state index is -3.63. The number of rotatable bonds is 4. The van der Waals surface area contributed by atoms with Crippen LogP contribution < -0.4 is 9.04 Å². The summed E-state index contributed by atoms with van der Waals surface area (Å²) < 4.78 is 31.8. The molecule has 0 aliphatic heterocycles. The zero-order valence-electron chi connectivity index (χ0n) is 12.7. The minimum Gasteiger partial charge on any atom is -0.497 e. The van der Waals surface area contributed by atoms with Gasteiger partial charge < -0.3 is 4.74 Å². The van der Waals surface area contributed by atoms with Crippen molar-refractivity contribution in [1.29, 1.82) is 0 Å². The quantitative estimate of drug-likeness (QED) is 0.867. The summed E-state index contributed by atoms with van der Waals surface area (Å²) in [6.45, 7) is 5.55. The van der Waals surface area contributed by atoms with E-state index in [1.165, 1.54) is 22.7 Å². The van der Waals surface area contributed by atoms with Crippen molar-refractivity contribution in [2.75, 3.05) is 18.5 Å². The first-order chi connectivity index (χ1) is 9.77. The molecule has 0 saturated carbocycles. The van der Waals surface area contributed by atoms with E-state index in [9.17, 15) is 8.42 Å². The van der Waals surface area contributed by atoms with Gasteiger partial charge in [-0.1, -0.05) is 0 Å². The molecule has 0 N–H and O–H groups in total. The Morgan fingerprint density at radius 3 is 2.38 bits per heavy atom. The number of nitrogens with zero attached hydrogens (tertiary/aromatic N) is 2. The molecule has 7 heteroatoms. The van der Waals surface area contributed by atoms with Gasteiger partial charge in [-0.2, -0.15) is 0 Å². The first-order valence-electron chi connectivity index (χ1n) is 6.35. The summed E-state index contributed by atoms with van der Waals surface area (Å²) in [5.41, 5.74) is 1.50. The van der Waals surface area contributed by atoms with Gasteiger partial charge in [0.1, 0.15) is 5.75 Å². The van der Waals surface area contributed by atoms with Gasteiger partial charge in [0.05, 0.1) is 17.7 Å². The number of ether oxygens (including phenoxy) is 1. The molecule has 0 unspecified atom stereocenters. The van der Waals surface area contributed by atoms with Crippen molar-refractivity contribution in [3.05, 3.63) is 34.3 Å². The third kappa shape index (κ3) is 2.89. The van der Waals surface area contributed by atoms with Gasteiger partial charge in [0, 0.05) is 11.9 Å². The van der Waals surface area contributed by atoms with Gasteiger partial charge in [-0.05, 0) is 44.5 Å². The predicted octanol–water partition coefficient (Wildman–Crippen LogP) is 2.90. The third-order valence-electron chi connectivity index (χ3n) is 3.31. The highest BCUT2D eigenvalue weighted by molar-refractivity contribution is 7.93. The third-order valence-corrected chi connectivity index (χ3v) is 6.48. The highest BCUT2D eigenvalue weighted by atomic mass is 32.2. The number of thiazole rings is 1. The van der Waals surface area contributed by atoms with Gasteiger partial charge in [-0.3, -0.25) is 0 Å². The van der Waals surface area contributed by atoms with Crippen LogP contribution in [0.5, 0.6) is 5.75 Å². The molecular formula is C14H18N2O3S2. The Morgan fingerprint density at radius 1 is 1.24 bits per heavy atom. The van der Waals surface area contributed by atoms with E-state index >= 15 is 0 Å². The number of aryl methyl sites for hydroxylation is 3. The number of anilines is 1. The summed E-state index contributed by atoms with van der Waals surface area (Å²) in [5, 5.41) is 0.472. The Kier molecular flexibility index (Phi) is 4.25. The number of sulfonamides is 1. The Morgan fingerprint density at radius 2 is 1.90 bits per heavy atom. The summed E-state index contributed by atoms with van der Waals surface area (Å²) in [4.78, 5) is 5.58. The lowest BCUT2D eigenvalue weighted by Gasteiger charge is -2.18. The van der Waals surface area contributed by atoms with Crippen molar-refractivity contribution in [3.8, 4) is 5.75 Å². The van der Waals surface area contributed by atoms with Crippen LogP contribution in [-0.4, -0.2) is 27.6 Å². The van der Waals surface area contributed by atoms with Crippen LogP contribution in [0.4, 0.5) is 5.13 Å². The van der Waals surface area contributed by atoms with Crippen molar-refractivity contribution < 1.29 is 13.2 Å². The number of hydrogen-bond donors (Lipinski definition) is 0. The maximum Gasteiger partial charge on any atom is 0.266 e. The predicted molar refractivity (Wildman–Crippen MR) is 84.9 cm³/mol. The standard InChI is InChI=1S/C14H18N2O3S2/c1-9-8-12(19-5)6-7-13(9)21(17,18)16(4)14-15-10(2)11(3)20-14/h6-8H,1-5H3. The van der Waals surface area contributed by atoms with Crippen LogP contribution in [0.1, 0.15) is 16.1 Å². The van der Waals surface area contributed by atoms with Crippen LogP contribution in [-0.2, 0) is 10.0 Å². The average molecular weight is 326 g/mol. The van der Waals surface area contributed by atoms with E-state index in [2.05, 4.69) is 4.98 Å². The van der Waals surface area contributed by atoms with E-state index in [1.54, 1.807) is 32.2 Å².